The molecule has 0 saturated heterocycles. The zero-order valence-electron chi connectivity index (χ0n) is 15.3. The van der Waals surface area contributed by atoms with Crippen LogP contribution in [0.3, 0.4) is 0 Å². The maximum absolute atomic E-state index is 12.4. The van der Waals surface area contributed by atoms with E-state index in [4.69, 9.17) is 0 Å². The molecule has 0 unspecified atom stereocenters. The van der Waals surface area contributed by atoms with Crippen molar-refractivity contribution in [2.24, 2.45) is 0 Å². The highest BCUT2D eigenvalue weighted by molar-refractivity contribution is 6.04. The number of Topliss-reactive ketones (excluding diaryl/α,β-unsaturated/α-hetero) is 1. The monoisotopic (exact) mass is 342 g/mol. The summed E-state index contributed by atoms with van der Waals surface area (Å²) in [6.45, 7) is 5.88. The number of carbonyl (C=O) groups is 1. The van der Waals surface area contributed by atoms with Gasteiger partial charge in [0, 0.05) is 35.2 Å². The van der Waals surface area contributed by atoms with Gasteiger partial charge in [0.1, 0.15) is 0 Å². The molecule has 130 valence electrons. The van der Waals surface area contributed by atoms with Crippen LogP contribution < -0.4 is 0 Å². The first-order chi connectivity index (χ1) is 12.6. The van der Waals surface area contributed by atoms with Gasteiger partial charge in [-0.25, -0.2) is 0 Å². The number of aromatic amines is 2. The molecule has 2 aromatic heterocycles. The first-order valence-electron chi connectivity index (χ1n) is 9.00. The summed E-state index contributed by atoms with van der Waals surface area (Å²) in [6.07, 6.45) is 2.81. The molecular weight excluding hydrogens is 320 g/mol. The number of aromatic nitrogens is 2. The number of ketones is 1. The summed E-state index contributed by atoms with van der Waals surface area (Å²) in [5.41, 5.74) is 8.50. The van der Waals surface area contributed by atoms with Gasteiger partial charge in [0.25, 0.3) is 0 Å². The minimum atomic E-state index is 0.0606. The number of aryl methyl sites for hydroxylation is 1. The summed E-state index contributed by atoms with van der Waals surface area (Å²) in [4.78, 5) is 19.2. The predicted octanol–water partition coefficient (Wildman–Crippen LogP) is 5.90. The van der Waals surface area contributed by atoms with Crippen molar-refractivity contribution in [2.45, 2.75) is 27.2 Å². The minimum absolute atomic E-state index is 0.0606. The lowest BCUT2D eigenvalue weighted by Crippen LogP contribution is -1.97. The lowest BCUT2D eigenvalue weighted by molar-refractivity contribution is 0.101. The lowest BCUT2D eigenvalue weighted by atomic mass is 9.92. The number of H-pyrrole nitrogens is 2. The molecule has 0 aliphatic rings. The zero-order valence-corrected chi connectivity index (χ0v) is 15.3. The van der Waals surface area contributed by atoms with Crippen LogP contribution in [0.2, 0.25) is 0 Å². The normalized spacial score (nSPS) is 11.2. The zero-order chi connectivity index (χ0) is 18.3. The smallest absolute Gasteiger partial charge is 0.176 e. The van der Waals surface area contributed by atoms with Crippen molar-refractivity contribution >= 4 is 16.7 Å². The molecule has 0 saturated carbocycles. The molecule has 0 spiro atoms. The number of rotatable bonds is 4. The van der Waals surface area contributed by atoms with Crippen LogP contribution in [0.4, 0.5) is 0 Å². The SMILES string of the molecule is CCc1c(-c2cccc3[nH]ccc23)[nH]c(C(C)=O)c1-c1ccccc1C. The topological polar surface area (TPSA) is 48.6 Å². The largest absolute Gasteiger partial charge is 0.361 e. The molecule has 0 aliphatic carbocycles. The van der Waals surface area contributed by atoms with E-state index in [1.165, 1.54) is 11.1 Å². The van der Waals surface area contributed by atoms with Crippen LogP contribution in [-0.4, -0.2) is 15.8 Å². The molecule has 2 aromatic carbocycles. The molecule has 3 heteroatoms. The Balaban J connectivity index is 2.07. The highest BCUT2D eigenvalue weighted by Crippen LogP contribution is 2.39. The van der Waals surface area contributed by atoms with Gasteiger partial charge in [-0.1, -0.05) is 43.3 Å². The molecule has 3 nitrogen and oxygen atoms in total. The molecule has 2 heterocycles. The lowest BCUT2D eigenvalue weighted by Gasteiger charge is -2.10. The highest BCUT2D eigenvalue weighted by Gasteiger charge is 2.23. The molecule has 4 rings (SSSR count). The van der Waals surface area contributed by atoms with Gasteiger partial charge in [-0.3, -0.25) is 4.79 Å². The number of hydrogen-bond acceptors (Lipinski definition) is 1. The summed E-state index contributed by atoms with van der Waals surface area (Å²) < 4.78 is 0. The molecular formula is C23H22N2O. The summed E-state index contributed by atoms with van der Waals surface area (Å²) >= 11 is 0. The summed E-state index contributed by atoms with van der Waals surface area (Å²) in [5, 5.41) is 1.16. The van der Waals surface area contributed by atoms with E-state index in [1.807, 2.05) is 18.3 Å². The third-order valence-electron chi connectivity index (χ3n) is 5.09. The van der Waals surface area contributed by atoms with Gasteiger partial charge in [0.05, 0.1) is 11.4 Å². The molecule has 0 atom stereocenters. The summed E-state index contributed by atoms with van der Waals surface area (Å²) in [7, 11) is 0. The fraction of sp³-hybridized carbons (Fsp3) is 0.174. The third-order valence-corrected chi connectivity index (χ3v) is 5.09. The van der Waals surface area contributed by atoms with Crippen LogP contribution in [0.15, 0.2) is 54.7 Å². The Bertz CT molecular complexity index is 1110. The first-order valence-corrected chi connectivity index (χ1v) is 9.00. The van der Waals surface area contributed by atoms with Gasteiger partial charge < -0.3 is 9.97 Å². The van der Waals surface area contributed by atoms with Crippen molar-refractivity contribution in [2.75, 3.05) is 0 Å². The molecule has 0 bridgehead atoms. The Hall–Kier alpha value is -3.07. The van der Waals surface area contributed by atoms with E-state index in [1.54, 1.807) is 6.92 Å². The Morgan fingerprint density at radius 1 is 1.00 bits per heavy atom. The number of benzene rings is 2. The van der Waals surface area contributed by atoms with Gasteiger partial charge in [-0.05, 0) is 42.2 Å². The van der Waals surface area contributed by atoms with E-state index in [0.717, 1.165) is 39.7 Å². The molecule has 0 aliphatic heterocycles. The van der Waals surface area contributed by atoms with Gasteiger partial charge in [-0.15, -0.1) is 0 Å². The molecule has 4 aromatic rings. The maximum Gasteiger partial charge on any atom is 0.176 e. The Morgan fingerprint density at radius 2 is 1.77 bits per heavy atom. The van der Waals surface area contributed by atoms with Crippen LogP contribution in [0.5, 0.6) is 0 Å². The number of carbonyl (C=O) groups excluding carboxylic acids is 1. The highest BCUT2D eigenvalue weighted by atomic mass is 16.1. The molecule has 0 amide bonds. The van der Waals surface area contributed by atoms with Crippen molar-refractivity contribution in [3.63, 3.8) is 0 Å². The Labute approximate surface area is 153 Å². The summed E-state index contributed by atoms with van der Waals surface area (Å²) in [6, 6.07) is 16.6. The minimum Gasteiger partial charge on any atom is -0.361 e. The maximum atomic E-state index is 12.4. The van der Waals surface area contributed by atoms with E-state index in [-0.39, 0.29) is 5.78 Å². The fourth-order valence-electron chi connectivity index (χ4n) is 3.84. The van der Waals surface area contributed by atoms with E-state index < -0.39 is 0 Å². The average molecular weight is 342 g/mol. The second-order valence-corrected chi connectivity index (χ2v) is 6.70. The van der Waals surface area contributed by atoms with Crippen molar-refractivity contribution in [1.82, 2.24) is 9.97 Å². The first kappa shape index (κ1) is 16.4. The van der Waals surface area contributed by atoms with Gasteiger partial charge in [0.15, 0.2) is 5.78 Å². The van der Waals surface area contributed by atoms with Gasteiger partial charge in [0.2, 0.25) is 0 Å². The van der Waals surface area contributed by atoms with E-state index >= 15 is 0 Å². The standard InChI is InChI=1S/C23H22N2O/c1-4-16-21(17-9-6-5-8-14(17)2)22(15(3)26)25-23(16)19-10-7-11-20-18(19)12-13-24-20/h5-13,24-25H,4H2,1-3H3. The average Bonchev–Trinajstić information content (AvgIpc) is 3.26. The van der Waals surface area contributed by atoms with Crippen LogP contribution in [0.25, 0.3) is 33.3 Å². The quantitative estimate of drug-likeness (QED) is 0.445. The Morgan fingerprint density at radius 3 is 2.50 bits per heavy atom. The van der Waals surface area contributed by atoms with Crippen LogP contribution in [-0.2, 0) is 6.42 Å². The van der Waals surface area contributed by atoms with E-state index in [2.05, 4.69) is 60.2 Å². The van der Waals surface area contributed by atoms with Crippen molar-refractivity contribution in [1.29, 1.82) is 0 Å². The summed E-state index contributed by atoms with van der Waals surface area (Å²) in [5.74, 6) is 0.0606. The molecule has 26 heavy (non-hydrogen) atoms. The van der Waals surface area contributed by atoms with Crippen LogP contribution in [0, 0.1) is 6.92 Å². The second-order valence-electron chi connectivity index (χ2n) is 6.70. The third kappa shape index (κ3) is 2.48. The van der Waals surface area contributed by atoms with E-state index in [9.17, 15) is 4.79 Å². The number of nitrogens with one attached hydrogen (secondary N) is 2. The van der Waals surface area contributed by atoms with Crippen molar-refractivity contribution < 1.29 is 4.79 Å². The van der Waals surface area contributed by atoms with E-state index in [0.29, 0.717) is 5.69 Å². The van der Waals surface area contributed by atoms with Crippen molar-refractivity contribution in [3.05, 3.63) is 71.5 Å². The second kappa shape index (κ2) is 6.34. The van der Waals surface area contributed by atoms with Crippen molar-refractivity contribution in [3.8, 4) is 22.4 Å². The van der Waals surface area contributed by atoms with Crippen LogP contribution in [0.1, 0.15) is 35.5 Å². The molecule has 0 radical (unpaired) electrons. The molecule has 2 N–H and O–H groups in total. The Kier molecular flexibility index (Phi) is 4.00. The fourth-order valence-corrected chi connectivity index (χ4v) is 3.84. The van der Waals surface area contributed by atoms with Gasteiger partial charge >= 0.3 is 0 Å². The van der Waals surface area contributed by atoms with Crippen LogP contribution >= 0.6 is 0 Å². The number of hydrogen-bond donors (Lipinski definition) is 2. The van der Waals surface area contributed by atoms with Gasteiger partial charge in [-0.2, -0.15) is 0 Å². The molecule has 0 fully saturated rings. The predicted molar refractivity (Wildman–Crippen MR) is 108 cm³/mol. The number of fused-ring (bicyclic) bond motifs is 1.